The number of halogens is 1. The van der Waals surface area contributed by atoms with E-state index in [-0.39, 0.29) is 0 Å². The number of alkyl halides is 1. The Balaban J connectivity index is 3.21. The summed E-state index contributed by atoms with van der Waals surface area (Å²) in [5.41, 5.74) is 0. The molecule has 0 bridgehead atoms. The Morgan fingerprint density at radius 3 is 2.23 bits per heavy atom. The van der Waals surface area contributed by atoms with E-state index in [4.69, 9.17) is 16.7 Å². The minimum Gasteiger partial charge on any atom is -0.480 e. The third-order valence-corrected chi connectivity index (χ3v) is 2.41. The zero-order valence-electron chi connectivity index (χ0n) is 8.42. The summed E-state index contributed by atoms with van der Waals surface area (Å²) in [5, 5.41) is 7.80. The quantitative estimate of drug-likeness (QED) is 0.513. The summed E-state index contributed by atoms with van der Waals surface area (Å²) in [7, 11) is 0. The minimum absolute atomic E-state index is 0.592. The van der Waals surface area contributed by atoms with Crippen LogP contribution >= 0.6 is 11.6 Å². The van der Waals surface area contributed by atoms with Gasteiger partial charge in [0.15, 0.2) is 0 Å². The number of unbranched alkanes of at least 4 members (excludes halogenated alkanes) is 2. The van der Waals surface area contributed by atoms with Gasteiger partial charge in [-0.15, -0.1) is 11.6 Å². The second-order valence-corrected chi connectivity index (χ2v) is 4.36. The van der Waals surface area contributed by atoms with Crippen LogP contribution in [0.15, 0.2) is 0 Å². The van der Waals surface area contributed by atoms with Crippen LogP contribution in [0.4, 0.5) is 0 Å². The lowest BCUT2D eigenvalue weighted by atomic mass is 10.0. The molecule has 0 aromatic heterocycles. The summed E-state index contributed by atoms with van der Waals surface area (Å²) in [4.78, 5) is 10.3. The highest BCUT2D eigenvalue weighted by molar-refractivity contribution is 6.29. The molecule has 0 aliphatic carbocycles. The Hall–Kier alpha value is -0.240. The first-order chi connectivity index (χ1) is 6.04. The molecule has 0 saturated carbocycles. The van der Waals surface area contributed by atoms with Gasteiger partial charge in [0.05, 0.1) is 0 Å². The minimum atomic E-state index is -0.898. The molecule has 0 aliphatic rings. The Labute approximate surface area is 85.3 Å². The van der Waals surface area contributed by atoms with Gasteiger partial charge < -0.3 is 5.11 Å². The first kappa shape index (κ1) is 12.8. The molecular weight excluding hydrogens is 188 g/mol. The van der Waals surface area contributed by atoms with Gasteiger partial charge in [-0.2, -0.15) is 0 Å². The lowest BCUT2D eigenvalue weighted by Crippen LogP contribution is -2.12. The molecule has 0 aromatic rings. The van der Waals surface area contributed by atoms with Gasteiger partial charge in [0.25, 0.3) is 0 Å². The molecule has 0 aromatic carbocycles. The SMILES string of the molecule is CC(C)CCCCCC(Cl)C(=O)O. The smallest absolute Gasteiger partial charge is 0.321 e. The van der Waals surface area contributed by atoms with E-state index < -0.39 is 11.3 Å². The average molecular weight is 207 g/mol. The monoisotopic (exact) mass is 206 g/mol. The summed E-state index contributed by atoms with van der Waals surface area (Å²) in [5.74, 6) is -0.156. The summed E-state index contributed by atoms with van der Waals surface area (Å²) in [6, 6.07) is 0. The average Bonchev–Trinajstić information content (AvgIpc) is 2.02. The maximum absolute atomic E-state index is 10.3. The highest BCUT2D eigenvalue weighted by atomic mass is 35.5. The van der Waals surface area contributed by atoms with Gasteiger partial charge in [-0.05, 0) is 12.3 Å². The molecule has 1 unspecified atom stereocenters. The van der Waals surface area contributed by atoms with Gasteiger partial charge in [0, 0.05) is 0 Å². The molecule has 13 heavy (non-hydrogen) atoms. The molecule has 0 rings (SSSR count). The van der Waals surface area contributed by atoms with E-state index in [1.165, 1.54) is 12.8 Å². The van der Waals surface area contributed by atoms with Crippen LogP contribution < -0.4 is 0 Å². The molecule has 0 aliphatic heterocycles. The van der Waals surface area contributed by atoms with Crippen molar-refractivity contribution in [3.63, 3.8) is 0 Å². The Kier molecular flexibility index (Phi) is 7.06. The largest absolute Gasteiger partial charge is 0.480 e. The highest BCUT2D eigenvalue weighted by Gasteiger charge is 2.11. The van der Waals surface area contributed by atoms with Crippen LogP contribution in [0, 0.1) is 5.92 Å². The molecule has 0 fully saturated rings. The molecule has 78 valence electrons. The van der Waals surface area contributed by atoms with Crippen molar-refractivity contribution in [3.8, 4) is 0 Å². The van der Waals surface area contributed by atoms with E-state index >= 15 is 0 Å². The summed E-state index contributed by atoms with van der Waals surface area (Å²) in [6.07, 6.45) is 5.01. The molecule has 0 heterocycles. The van der Waals surface area contributed by atoms with Gasteiger partial charge in [0.2, 0.25) is 0 Å². The van der Waals surface area contributed by atoms with Gasteiger partial charge in [-0.3, -0.25) is 4.79 Å². The van der Waals surface area contributed by atoms with Crippen LogP contribution in [0.2, 0.25) is 0 Å². The number of carboxylic acid groups (broad SMARTS) is 1. The molecule has 2 nitrogen and oxygen atoms in total. The molecule has 0 spiro atoms. The van der Waals surface area contributed by atoms with Crippen LogP contribution in [0.25, 0.3) is 0 Å². The first-order valence-electron chi connectivity index (χ1n) is 4.91. The number of hydrogen-bond donors (Lipinski definition) is 1. The maximum Gasteiger partial charge on any atom is 0.321 e. The fourth-order valence-corrected chi connectivity index (χ4v) is 1.33. The summed E-state index contributed by atoms with van der Waals surface area (Å²) < 4.78 is 0. The van der Waals surface area contributed by atoms with Crippen molar-refractivity contribution >= 4 is 17.6 Å². The molecule has 0 saturated heterocycles. The highest BCUT2D eigenvalue weighted by Crippen LogP contribution is 2.12. The van der Waals surface area contributed by atoms with Gasteiger partial charge in [-0.25, -0.2) is 0 Å². The van der Waals surface area contributed by atoms with Gasteiger partial charge in [0.1, 0.15) is 5.38 Å². The zero-order chi connectivity index (χ0) is 10.3. The van der Waals surface area contributed by atoms with E-state index in [1.54, 1.807) is 0 Å². The van der Waals surface area contributed by atoms with Crippen LogP contribution in [0.1, 0.15) is 46.0 Å². The van der Waals surface area contributed by atoms with Crippen LogP contribution in [0.5, 0.6) is 0 Å². The van der Waals surface area contributed by atoms with Crippen molar-refractivity contribution in [2.24, 2.45) is 5.92 Å². The maximum atomic E-state index is 10.3. The van der Waals surface area contributed by atoms with Crippen molar-refractivity contribution in [1.82, 2.24) is 0 Å². The number of aliphatic carboxylic acids is 1. The molecular formula is C10H19ClO2. The van der Waals surface area contributed by atoms with Crippen molar-refractivity contribution in [2.75, 3.05) is 0 Å². The Morgan fingerprint density at radius 1 is 1.23 bits per heavy atom. The van der Waals surface area contributed by atoms with Crippen molar-refractivity contribution in [3.05, 3.63) is 0 Å². The summed E-state index contributed by atoms with van der Waals surface area (Å²) in [6.45, 7) is 4.39. The normalized spacial score (nSPS) is 13.2. The molecule has 0 radical (unpaired) electrons. The predicted octanol–water partition coefficient (Wildman–Crippen LogP) is 3.28. The fourth-order valence-electron chi connectivity index (χ4n) is 1.18. The lowest BCUT2D eigenvalue weighted by molar-refractivity contribution is -0.136. The topological polar surface area (TPSA) is 37.3 Å². The number of hydrogen-bond acceptors (Lipinski definition) is 1. The number of carboxylic acids is 1. The van der Waals surface area contributed by atoms with E-state index in [2.05, 4.69) is 13.8 Å². The van der Waals surface area contributed by atoms with E-state index in [1.807, 2.05) is 0 Å². The van der Waals surface area contributed by atoms with E-state index in [0.29, 0.717) is 6.42 Å². The second-order valence-electron chi connectivity index (χ2n) is 3.84. The van der Waals surface area contributed by atoms with E-state index in [0.717, 1.165) is 18.8 Å². The summed E-state index contributed by atoms with van der Waals surface area (Å²) >= 11 is 5.56. The Morgan fingerprint density at radius 2 is 1.77 bits per heavy atom. The van der Waals surface area contributed by atoms with Crippen molar-refractivity contribution < 1.29 is 9.90 Å². The molecule has 3 heteroatoms. The second kappa shape index (κ2) is 7.19. The zero-order valence-corrected chi connectivity index (χ0v) is 9.18. The van der Waals surface area contributed by atoms with Crippen LogP contribution in [-0.2, 0) is 4.79 Å². The first-order valence-corrected chi connectivity index (χ1v) is 5.34. The standard InChI is InChI=1S/C10H19ClO2/c1-8(2)6-4-3-5-7-9(11)10(12)13/h8-9H,3-7H2,1-2H3,(H,12,13). The fraction of sp³-hybridized carbons (Fsp3) is 0.900. The van der Waals surface area contributed by atoms with E-state index in [9.17, 15) is 4.79 Å². The third kappa shape index (κ3) is 8.10. The van der Waals surface area contributed by atoms with Gasteiger partial charge >= 0.3 is 5.97 Å². The molecule has 1 atom stereocenters. The molecule has 1 N–H and O–H groups in total. The lowest BCUT2D eigenvalue weighted by Gasteiger charge is -2.05. The Bertz CT molecular complexity index is 146. The van der Waals surface area contributed by atoms with Crippen LogP contribution in [-0.4, -0.2) is 16.5 Å². The predicted molar refractivity (Wildman–Crippen MR) is 55.2 cm³/mol. The number of rotatable bonds is 7. The van der Waals surface area contributed by atoms with Gasteiger partial charge in [-0.1, -0.05) is 39.5 Å². The number of carbonyl (C=O) groups is 1. The molecule has 0 amide bonds. The van der Waals surface area contributed by atoms with Crippen molar-refractivity contribution in [2.45, 2.75) is 51.3 Å². The van der Waals surface area contributed by atoms with Crippen molar-refractivity contribution in [1.29, 1.82) is 0 Å². The third-order valence-electron chi connectivity index (χ3n) is 2.01. The van der Waals surface area contributed by atoms with Crippen LogP contribution in [0.3, 0.4) is 0 Å².